The van der Waals surface area contributed by atoms with Gasteiger partial charge < -0.3 is 18.6 Å². The summed E-state index contributed by atoms with van der Waals surface area (Å²) in [5, 5.41) is 0. The maximum atomic E-state index is 5.71. The summed E-state index contributed by atoms with van der Waals surface area (Å²) in [5.41, 5.74) is 0. The van der Waals surface area contributed by atoms with E-state index < -0.39 is 0 Å². The lowest BCUT2D eigenvalue weighted by Gasteiger charge is -2.35. The lowest BCUT2D eigenvalue weighted by atomic mass is 9.47. The molecule has 6 heteroatoms. The van der Waals surface area contributed by atoms with Crippen molar-refractivity contribution in [2.75, 3.05) is 26.4 Å². The van der Waals surface area contributed by atoms with Gasteiger partial charge in [-0.25, -0.2) is 0 Å². The molecule has 4 nitrogen and oxygen atoms in total. The molecule has 0 amide bonds. The molecule has 0 spiro atoms. The molecular weight excluding hydrogens is 230 g/mol. The molecule has 2 aliphatic rings. The van der Waals surface area contributed by atoms with Crippen molar-refractivity contribution in [3.05, 3.63) is 0 Å². The summed E-state index contributed by atoms with van der Waals surface area (Å²) in [6.45, 7) is 11.7. The van der Waals surface area contributed by atoms with Gasteiger partial charge in [0.15, 0.2) is 0 Å². The summed E-state index contributed by atoms with van der Waals surface area (Å²) in [7, 11) is -0.707. The molecule has 102 valence electrons. The molecule has 0 atom stereocenters. The van der Waals surface area contributed by atoms with Gasteiger partial charge in [-0.3, -0.25) is 0 Å². The molecule has 0 aromatic carbocycles. The van der Waals surface area contributed by atoms with E-state index in [2.05, 4.69) is 27.7 Å². The Morgan fingerprint density at radius 3 is 1.17 bits per heavy atom. The fourth-order valence-electron chi connectivity index (χ4n) is 2.15. The molecule has 2 fully saturated rings. The Morgan fingerprint density at radius 1 is 0.667 bits per heavy atom. The molecule has 18 heavy (non-hydrogen) atoms. The van der Waals surface area contributed by atoms with Crippen LogP contribution < -0.4 is 0 Å². The summed E-state index contributed by atoms with van der Waals surface area (Å²) < 4.78 is 22.9. The Kier molecular flexibility index (Phi) is 5.13. The minimum Gasteiger partial charge on any atom is -0.413 e. The first kappa shape index (κ1) is 14.4. The zero-order valence-electron chi connectivity index (χ0n) is 11.9. The van der Waals surface area contributed by atoms with Gasteiger partial charge >= 0.3 is 14.0 Å². The average molecular weight is 254 g/mol. The molecule has 0 aromatic heterocycles. The van der Waals surface area contributed by atoms with Crippen molar-refractivity contribution in [2.45, 2.75) is 27.7 Å². The number of hydrogen-bond donors (Lipinski definition) is 0. The third-order valence-corrected chi connectivity index (χ3v) is 4.01. The van der Waals surface area contributed by atoms with Crippen LogP contribution in [0.15, 0.2) is 0 Å². The van der Waals surface area contributed by atoms with Gasteiger partial charge in [0, 0.05) is 38.3 Å². The van der Waals surface area contributed by atoms with Gasteiger partial charge in [0.2, 0.25) is 0 Å². The van der Waals surface area contributed by atoms with E-state index in [0.29, 0.717) is 23.7 Å². The predicted molar refractivity (Wildman–Crippen MR) is 72.0 cm³/mol. The van der Waals surface area contributed by atoms with Crippen molar-refractivity contribution >= 4 is 14.0 Å². The lowest BCUT2D eigenvalue weighted by Crippen LogP contribution is -2.54. The smallest absolute Gasteiger partial charge is 0.413 e. The molecule has 0 radical (unpaired) electrons. The lowest BCUT2D eigenvalue weighted by molar-refractivity contribution is 0.0338. The molecule has 2 saturated heterocycles. The molecule has 2 rings (SSSR count). The Labute approximate surface area is 111 Å². The van der Waals surface area contributed by atoms with Gasteiger partial charge in [0.1, 0.15) is 0 Å². The number of rotatable bonds is 3. The minimum atomic E-state index is -0.354. The molecule has 0 aromatic rings. The second kappa shape index (κ2) is 6.42. The zero-order valence-corrected chi connectivity index (χ0v) is 11.9. The highest BCUT2D eigenvalue weighted by Crippen LogP contribution is 2.22. The fourth-order valence-corrected chi connectivity index (χ4v) is 2.15. The summed E-state index contributed by atoms with van der Waals surface area (Å²) in [4.78, 5) is 0. The van der Waals surface area contributed by atoms with Crippen LogP contribution in [0.25, 0.3) is 0 Å². The highest BCUT2D eigenvalue weighted by atomic mass is 16.7. The average Bonchev–Trinajstić information content (AvgIpc) is 2.39. The molecule has 0 unspecified atom stereocenters. The van der Waals surface area contributed by atoms with E-state index >= 15 is 0 Å². The van der Waals surface area contributed by atoms with Gasteiger partial charge in [-0.2, -0.15) is 0 Å². The largest absolute Gasteiger partial charge is 0.488 e. The van der Waals surface area contributed by atoms with Gasteiger partial charge in [0.05, 0.1) is 0 Å². The first-order chi connectivity index (χ1) is 8.58. The van der Waals surface area contributed by atoms with Gasteiger partial charge in [-0.15, -0.1) is 0 Å². The van der Waals surface area contributed by atoms with Gasteiger partial charge in [0.25, 0.3) is 0 Å². The maximum absolute atomic E-state index is 5.71. The Bertz CT molecular complexity index is 220. The molecule has 0 N–H and O–H groups in total. The van der Waals surface area contributed by atoms with Crippen LogP contribution >= 0.6 is 0 Å². The highest BCUT2D eigenvalue weighted by molar-refractivity contribution is 7.10. The van der Waals surface area contributed by atoms with Crippen LogP contribution in [0.4, 0.5) is 0 Å². The summed E-state index contributed by atoms with van der Waals surface area (Å²) >= 11 is 0. The van der Waals surface area contributed by atoms with Crippen molar-refractivity contribution in [2.24, 2.45) is 23.7 Å². The maximum Gasteiger partial charge on any atom is 0.488 e. The fraction of sp³-hybridized carbons (Fsp3) is 1.00. The summed E-state index contributed by atoms with van der Waals surface area (Å²) in [6, 6.07) is 0. The summed E-state index contributed by atoms with van der Waals surface area (Å²) in [6.07, 6.45) is 0. The first-order valence-electron chi connectivity index (χ1n) is 7.04. The highest BCUT2D eigenvalue weighted by Gasteiger charge is 2.45. The van der Waals surface area contributed by atoms with Crippen molar-refractivity contribution in [3.63, 3.8) is 0 Å². The zero-order chi connectivity index (χ0) is 13.1. The van der Waals surface area contributed by atoms with Crippen molar-refractivity contribution in [1.82, 2.24) is 0 Å². The second-order valence-electron chi connectivity index (χ2n) is 6.08. The monoisotopic (exact) mass is 254 g/mol. The molecule has 0 saturated carbocycles. The summed E-state index contributed by atoms with van der Waals surface area (Å²) in [5.74, 6) is 2.13. The second-order valence-corrected chi connectivity index (χ2v) is 6.08. The van der Waals surface area contributed by atoms with E-state index in [9.17, 15) is 0 Å². The van der Waals surface area contributed by atoms with E-state index in [1.807, 2.05) is 0 Å². The van der Waals surface area contributed by atoms with Crippen LogP contribution in [-0.4, -0.2) is 40.4 Å². The third-order valence-electron chi connectivity index (χ3n) is 4.01. The molecule has 2 heterocycles. The number of hydrogen-bond acceptors (Lipinski definition) is 4. The Hall–Kier alpha value is -0.0301. The van der Waals surface area contributed by atoms with Crippen molar-refractivity contribution in [3.8, 4) is 0 Å². The van der Waals surface area contributed by atoms with E-state index in [-0.39, 0.29) is 14.0 Å². The van der Waals surface area contributed by atoms with Crippen LogP contribution in [0.2, 0.25) is 0 Å². The quantitative estimate of drug-likeness (QED) is 0.718. The SMILES string of the molecule is CC(C)C1COB(B2OCC(C(C)C)CO2)OC1. The minimum absolute atomic E-state index is 0.354. The predicted octanol–water partition coefficient (Wildman–Crippen LogP) is 1.68. The van der Waals surface area contributed by atoms with E-state index in [1.54, 1.807) is 0 Å². The van der Waals surface area contributed by atoms with E-state index in [4.69, 9.17) is 18.6 Å². The standard InChI is InChI=1S/C12H24B2O4/c1-9(2)11-5-15-13(16-6-11)14-17-7-12(8-18-14)10(3)4/h9-12H,5-8H2,1-4H3. The topological polar surface area (TPSA) is 36.9 Å². The van der Waals surface area contributed by atoms with Gasteiger partial charge in [-0.1, -0.05) is 27.7 Å². The molecule has 0 bridgehead atoms. The Balaban J connectivity index is 1.75. The van der Waals surface area contributed by atoms with Crippen LogP contribution in [0.3, 0.4) is 0 Å². The van der Waals surface area contributed by atoms with Crippen molar-refractivity contribution in [1.29, 1.82) is 0 Å². The first-order valence-corrected chi connectivity index (χ1v) is 7.04. The van der Waals surface area contributed by atoms with Crippen molar-refractivity contribution < 1.29 is 18.6 Å². The van der Waals surface area contributed by atoms with Crippen LogP contribution in [0.5, 0.6) is 0 Å². The van der Waals surface area contributed by atoms with Crippen LogP contribution in [0, 0.1) is 23.7 Å². The normalized spacial score (nSPS) is 24.3. The Morgan fingerprint density at radius 2 is 0.944 bits per heavy atom. The third kappa shape index (κ3) is 3.50. The molecule has 2 aliphatic heterocycles. The van der Waals surface area contributed by atoms with E-state index in [1.165, 1.54) is 0 Å². The van der Waals surface area contributed by atoms with E-state index in [0.717, 1.165) is 26.4 Å². The molecule has 0 aliphatic carbocycles. The molecular formula is C12H24B2O4. The van der Waals surface area contributed by atoms with Crippen LogP contribution in [0.1, 0.15) is 27.7 Å². The van der Waals surface area contributed by atoms with Gasteiger partial charge in [-0.05, 0) is 11.8 Å². The van der Waals surface area contributed by atoms with Crippen LogP contribution in [-0.2, 0) is 18.6 Å².